The lowest BCUT2D eigenvalue weighted by Gasteiger charge is -2.36. The van der Waals surface area contributed by atoms with Crippen LogP contribution < -0.4 is 20.7 Å². The molecule has 0 bridgehead atoms. The van der Waals surface area contributed by atoms with Crippen molar-refractivity contribution < 1.29 is 18.6 Å². The summed E-state index contributed by atoms with van der Waals surface area (Å²) in [7, 11) is -1.17. The van der Waals surface area contributed by atoms with Crippen LogP contribution in [-0.2, 0) is 18.6 Å². The lowest BCUT2D eigenvalue weighted by Crippen LogP contribution is -2.41. The Labute approximate surface area is 339 Å². The smallest absolute Gasteiger partial charge is 0.399 e. The Hall–Kier alpha value is -4.15. The van der Waals surface area contributed by atoms with E-state index in [4.69, 9.17) is 18.6 Å². The van der Waals surface area contributed by atoms with Gasteiger partial charge in [-0.25, -0.2) is 0 Å². The van der Waals surface area contributed by atoms with E-state index < -0.39 is 36.6 Å². The fourth-order valence-electron chi connectivity index (χ4n) is 8.00. The van der Waals surface area contributed by atoms with E-state index in [9.17, 15) is 0 Å². The van der Waals surface area contributed by atoms with Gasteiger partial charge in [0, 0.05) is 30.4 Å². The second-order valence-corrected chi connectivity index (χ2v) is 19.3. The van der Waals surface area contributed by atoms with Crippen molar-refractivity contribution >= 4 is 93.6 Å². The summed E-state index contributed by atoms with van der Waals surface area (Å²) in [6.45, 7) is 16.9. The molecule has 56 heavy (non-hydrogen) atoms. The van der Waals surface area contributed by atoms with Crippen LogP contribution in [0.2, 0.25) is 0 Å². The van der Waals surface area contributed by atoms with E-state index in [2.05, 4.69) is 187 Å². The maximum absolute atomic E-state index is 6.83. The molecule has 0 radical (unpaired) electrons. The fourth-order valence-corrected chi connectivity index (χ4v) is 10.1. The van der Waals surface area contributed by atoms with Crippen molar-refractivity contribution in [1.82, 2.24) is 0 Å². The van der Waals surface area contributed by atoms with Gasteiger partial charge in [0.15, 0.2) is 0 Å². The van der Waals surface area contributed by atoms with Crippen molar-refractivity contribution in [2.24, 2.45) is 0 Å². The summed E-state index contributed by atoms with van der Waals surface area (Å²) < 4.78 is 27.3. The highest BCUT2D eigenvalue weighted by Crippen LogP contribution is 2.55. The van der Waals surface area contributed by atoms with E-state index in [0.717, 1.165) is 55.8 Å². The van der Waals surface area contributed by atoms with E-state index in [1.54, 1.807) is 0 Å². The molecule has 10 heteroatoms. The van der Waals surface area contributed by atoms with Gasteiger partial charge in [-0.3, -0.25) is 0 Å². The molecule has 2 saturated heterocycles. The lowest BCUT2D eigenvalue weighted by atomic mass is 9.74. The molecular weight excluding hydrogens is 730 g/mol. The highest BCUT2D eigenvalue weighted by Gasteiger charge is 2.53. The number of rotatable bonds is 4. The number of anilines is 6. The quantitative estimate of drug-likeness (QED) is 0.164. The first-order chi connectivity index (χ1) is 26.7. The van der Waals surface area contributed by atoms with Crippen LogP contribution >= 0.6 is 23.5 Å². The molecule has 0 unspecified atom stereocenters. The number of para-hydroxylation sites is 4. The zero-order valence-electron chi connectivity index (χ0n) is 33.0. The molecule has 6 aromatic carbocycles. The first-order valence-corrected chi connectivity index (χ1v) is 21.0. The average Bonchev–Trinajstić information content (AvgIpc) is 3.54. The Morgan fingerprint density at radius 2 is 0.643 bits per heavy atom. The normalized spacial score (nSPS) is 19.8. The minimum absolute atomic E-state index is 0.515. The number of fused-ring (bicyclic) bond motifs is 5. The van der Waals surface area contributed by atoms with Crippen LogP contribution in [0, 0.1) is 0 Å². The lowest BCUT2D eigenvalue weighted by molar-refractivity contribution is 0.00578. The third-order valence-electron chi connectivity index (χ3n) is 12.5. The summed E-state index contributed by atoms with van der Waals surface area (Å²) >= 11 is 3.61. The second-order valence-electron chi connectivity index (χ2n) is 17.1. The molecule has 4 aliphatic rings. The van der Waals surface area contributed by atoms with E-state index in [1.807, 2.05) is 23.5 Å². The molecule has 0 saturated carbocycles. The Morgan fingerprint density at radius 3 is 0.929 bits per heavy atom. The fraction of sp³-hybridized carbons (Fsp3) is 0.261. The molecule has 6 aromatic rings. The largest absolute Gasteiger partial charge is 0.494 e. The summed E-state index contributed by atoms with van der Waals surface area (Å²) in [5, 5.41) is 2.13. The molecule has 2 fully saturated rings. The Kier molecular flexibility index (Phi) is 8.19. The van der Waals surface area contributed by atoms with E-state index in [0.29, 0.717) is 0 Å². The molecule has 10 rings (SSSR count). The summed E-state index contributed by atoms with van der Waals surface area (Å²) in [6.07, 6.45) is 0. The predicted octanol–water partition coefficient (Wildman–Crippen LogP) is 11.3. The molecular formula is C46H44B2N2O4S2. The van der Waals surface area contributed by atoms with E-state index >= 15 is 0 Å². The van der Waals surface area contributed by atoms with Gasteiger partial charge in [-0.15, -0.1) is 0 Å². The van der Waals surface area contributed by atoms with Gasteiger partial charge in [0.25, 0.3) is 0 Å². The summed E-state index contributed by atoms with van der Waals surface area (Å²) in [5.41, 5.74) is 6.39. The molecule has 0 aromatic heterocycles. The average molecular weight is 775 g/mol. The highest BCUT2D eigenvalue weighted by molar-refractivity contribution is 8.00. The molecule has 4 heterocycles. The van der Waals surface area contributed by atoms with Crippen LogP contribution in [0.15, 0.2) is 141 Å². The van der Waals surface area contributed by atoms with Crippen molar-refractivity contribution in [3.05, 3.63) is 121 Å². The highest BCUT2D eigenvalue weighted by atomic mass is 32.2. The first kappa shape index (κ1) is 36.2. The molecule has 0 amide bonds. The van der Waals surface area contributed by atoms with Gasteiger partial charge in [0.05, 0.1) is 56.5 Å². The molecule has 4 aliphatic heterocycles. The van der Waals surface area contributed by atoms with Crippen LogP contribution in [0.25, 0.3) is 10.8 Å². The van der Waals surface area contributed by atoms with Crippen molar-refractivity contribution in [3.8, 4) is 0 Å². The Balaban J connectivity index is 1.32. The van der Waals surface area contributed by atoms with E-state index in [1.165, 1.54) is 19.6 Å². The van der Waals surface area contributed by atoms with Crippen LogP contribution in [0.1, 0.15) is 55.4 Å². The van der Waals surface area contributed by atoms with Gasteiger partial charge in [0.2, 0.25) is 0 Å². The zero-order valence-corrected chi connectivity index (χ0v) is 34.7. The summed E-state index contributed by atoms with van der Waals surface area (Å²) in [6, 6.07) is 43.8. The minimum atomic E-state index is -0.583. The Bertz CT molecular complexity index is 2280. The van der Waals surface area contributed by atoms with E-state index in [-0.39, 0.29) is 0 Å². The third-order valence-corrected chi connectivity index (χ3v) is 14.7. The summed E-state index contributed by atoms with van der Waals surface area (Å²) in [4.78, 5) is 9.61. The molecule has 6 nitrogen and oxygen atoms in total. The monoisotopic (exact) mass is 774 g/mol. The van der Waals surface area contributed by atoms with Gasteiger partial charge in [-0.1, -0.05) is 84.2 Å². The van der Waals surface area contributed by atoms with Crippen molar-refractivity contribution in [3.63, 3.8) is 0 Å². The van der Waals surface area contributed by atoms with Crippen molar-refractivity contribution in [2.45, 2.75) is 97.4 Å². The van der Waals surface area contributed by atoms with Crippen LogP contribution in [0.4, 0.5) is 34.1 Å². The number of nitrogens with zero attached hydrogens (tertiary/aromatic N) is 2. The third kappa shape index (κ3) is 5.59. The minimum Gasteiger partial charge on any atom is -0.399 e. The topological polar surface area (TPSA) is 43.4 Å². The second kappa shape index (κ2) is 12.7. The predicted molar refractivity (Wildman–Crippen MR) is 233 cm³/mol. The van der Waals surface area contributed by atoms with Gasteiger partial charge in [-0.05, 0) is 127 Å². The number of hydrogen-bond acceptors (Lipinski definition) is 8. The standard InChI is InChI=1S/C46H44B2N2O4S2/c1-43(2)44(3,4)52-47(51-43)29-25-31-32(37(27-29)49-33-17-9-13-21-39(33)55-40-22-14-10-18-34(40)49)26-30(48-53-45(5,6)46(7,8)54-48)28-38(31)50-35-19-11-15-23-41(35)56-42-24-16-12-20-36(42)50/h9-28H,1-8H3. The number of benzene rings is 6. The van der Waals surface area contributed by atoms with Crippen LogP contribution in [0.5, 0.6) is 0 Å². The summed E-state index contributed by atoms with van der Waals surface area (Å²) in [5.74, 6) is 0. The Morgan fingerprint density at radius 1 is 0.375 bits per heavy atom. The zero-order chi connectivity index (χ0) is 38.8. The van der Waals surface area contributed by atoms with Gasteiger partial charge in [0.1, 0.15) is 0 Å². The van der Waals surface area contributed by atoms with Crippen molar-refractivity contribution in [1.29, 1.82) is 0 Å². The maximum atomic E-state index is 6.83. The SMILES string of the molecule is CC1(C)OB(c2cc(N3c4ccccc4Sc4ccccc43)c3cc(B4OC(C)(C)C(C)(C)O4)cc(N4c5ccccc5Sc5ccccc54)c3c2)OC1(C)C. The maximum Gasteiger partial charge on any atom is 0.494 e. The number of hydrogen-bond donors (Lipinski definition) is 0. The first-order valence-electron chi connectivity index (χ1n) is 19.4. The van der Waals surface area contributed by atoms with Crippen LogP contribution in [-0.4, -0.2) is 36.6 Å². The van der Waals surface area contributed by atoms with Gasteiger partial charge < -0.3 is 28.4 Å². The molecule has 0 aliphatic carbocycles. The van der Waals surface area contributed by atoms with Gasteiger partial charge >= 0.3 is 14.2 Å². The molecule has 0 N–H and O–H groups in total. The van der Waals surface area contributed by atoms with Crippen molar-refractivity contribution in [2.75, 3.05) is 9.80 Å². The molecule has 0 atom stereocenters. The van der Waals surface area contributed by atoms with Crippen LogP contribution in [0.3, 0.4) is 0 Å². The van der Waals surface area contributed by atoms with Gasteiger partial charge in [-0.2, -0.15) is 0 Å². The molecule has 280 valence electrons. The molecule has 0 spiro atoms.